The molecule has 9 heteroatoms. The van der Waals surface area contributed by atoms with Gasteiger partial charge < -0.3 is 4.74 Å². The third-order valence-corrected chi connectivity index (χ3v) is 4.17. The number of hydrogen-bond donors (Lipinski definition) is 1. The molecular formula is C19H14ClN5O3. The molecule has 28 heavy (non-hydrogen) atoms. The third-order valence-electron chi connectivity index (χ3n) is 3.92. The number of carbonyl (C=O) groups is 1. The van der Waals surface area contributed by atoms with Crippen LogP contribution < -0.4 is 15.7 Å². The fraction of sp³-hybridized carbons (Fsp3) is 0.0526. The molecule has 0 spiro atoms. The topological polar surface area (TPSA) is 91.0 Å². The number of carbonyl (C=O) groups excluding carboxylic acids is 1. The fourth-order valence-corrected chi connectivity index (χ4v) is 2.72. The van der Waals surface area contributed by atoms with E-state index in [4.69, 9.17) is 16.3 Å². The van der Waals surface area contributed by atoms with Gasteiger partial charge in [-0.05, 0) is 36.4 Å². The monoisotopic (exact) mass is 395 g/mol. The van der Waals surface area contributed by atoms with E-state index in [-0.39, 0.29) is 12.0 Å². The number of ether oxygens (including phenoxy) is 1. The van der Waals surface area contributed by atoms with Gasteiger partial charge in [0.2, 0.25) is 0 Å². The van der Waals surface area contributed by atoms with Crippen LogP contribution in [0.15, 0.2) is 71.9 Å². The summed E-state index contributed by atoms with van der Waals surface area (Å²) >= 11 is 5.80. The molecule has 0 unspecified atom stereocenters. The largest absolute Gasteiger partial charge is 0.484 e. The molecule has 0 saturated carbocycles. The van der Waals surface area contributed by atoms with Crippen LogP contribution in [-0.2, 0) is 4.79 Å². The highest BCUT2D eigenvalue weighted by Gasteiger charge is 2.13. The second kappa shape index (κ2) is 7.53. The van der Waals surface area contributed by atoms with E-state index in [0.717, 1.165) is 10.4 Å². The highest BCUT2D eigenvalue weighted by Crippen LogP contribution is 2.15. The summed E-state index contributed by atoms with van der Waals surface area (Å²) in [7, 11) is 0. The molecule has 2 aromatic carbocycles. The average molecular weight is 396 g/mol. The van der Waals surface area contributed by atoms with Crippen molar-refractivity contribution in [2.24, 2.45) is 0 Å². The molecule has 0 saturated heterocycles. The number of rotatable bonds is 5. The summed E-state index contributed by atoms with van der Waals surface area (Å²) < 4.78 is 7.93. The number of amides is 1. The summed E-state index contributed by atoms with van der Waals surface area (Å²) in [6.07, 6.45) is 2.66. The zero-order valence-corrected chi connectivity index (χ0v) is 15.2. The lowest BCUT2D eigenvalue weighted by atomic mass is 10.3. The van der Waals surface area contributed by atoms with Gasteiger partial charge in [0, 0.05) is 5.02 Å². The first-order valence-electron chi connectivity index (χ1n) is 8.31. The standard InChI is InChI=1S/C19H14ClN5O3/c20-13-6-8-15(9-7-13)28-11-17(26)23-24-12-21-18-16(19(24)27)10-22-25(18)14-4-2-1-3-5-14/h1-10,12H,11H2,(H,23,26). The summed E-state index contributed by atoms with van der Waals surface area (Å²) in [5, 5.41) is 5.07. The maximum atomic E-state index is 12.6. The van der Waals surface area contributed by atoms with E-state index in [1.165, 1.54) is 12.5 Å². The summed E-state index contributed by atoms with van der Waals surface area (Å²) in [5.74, 6) is -0.0155. The summed E-state index contributed by atoms with van der Waals surface area (Å²) in [4.78, 5) is 29.0. The van der Waals surface area contributed by atoms with Crippen molar-refractivity contribution in [2.45, 2.75) is 0 Å². The molecule has 4 aromatic rings. The molecule has 8 nitrogen and oxygen atoms in total. The predicted octanol–water partition coefficient (Wildman–Crippen LogP) is 2.38. The zero-order chi connectivity index (χ0) is 19.5. The van der Waals surface area contributed by atoms with E-state index in [1.807, 2.05) is 30.3 Å². The first-order chi connectivity index (χ1) is 13.6. The second-order valence-corrected chi connectivity index (χ2v) is 6.26. The molecular weight excluding hydrogens is 382 g/mol. The van der Waals surface area contributed by atoms with Gasteiger partial charge in [-0.25, -0.2) is 14.3 Å². The highest BCUT2D eigenvalue weighted by molar-refractivity contribution is 6.30. The van der Waals surface area contributed by atoms with Crippen molar-refractivity contribution in [3.8, 4) is 11.4 Å². The van der Waals surface area contributed by atoms with Crippen molar-refractivity contribution in [1.29, 1.82) is 0 Å². The van der Waals surface area contributed by atoms with Gasteiger partial charge in [0.15, 0.2) is 12.3 Å². The van der Waals surface area contributed by atoms with E-state index < -0.39 is 11.5 Å². The molecule has 1 N–H and O–H groups in total. The molecule has 0 bridgehead atoms. The third kappa shape index (κ3) is 3.58. The Balaban J connectivity index is 1.51. The molecule has 0 aliphatic heterocycles. The minimum atomic E-state index is -0.506. The first-order valence-corrected chi connectivity index (χ1v) is 8.68. The molecule has 0 radical (unpaired) electrons. The first kappa shape index (κ1) is 17.7. The minimum Gasteiger partial charge on any atom is -0.484 e. The number of benzene rings is 2. The van der Waals surface area contributed by atoms with Crippen LogP contribution in [-0.4, -0.2) is 32.0 Å². The Morgan fingerprint density at radius 2 is 1.86 bits per heavy atom. The Morgan fingerprint density at radius 1 is 1.11 bits per heavy atom. The number of halogens is 1. The Kier molecular flexibility index (Phi) is 4.77. The number of para-hydroxylation sites is 1. The average Bonchev–Trinajstić information content (AvgIpc) is 3.15. The normalized spacial score (nSPS) is 10.8. The van der Waals surface area contributed by atoms with Crippen LogP contribution in [0.4, 0.5) is 0 Å². The van der Waals surface area contributed by atoms with Gasteiger partial charge in [-0.3, -0.25) is 15.0 Å². The molecule has 0 aliphatic rings. The number of nitrogens with zero attached hydrogens (tertiary/aromatic N) is 4. The Hall–Kier alpha value is -3.65. The van der Waals surface area contributed by atoms with Crippen LogP contribution in [0.2, 0.25) is 5.02 Å². The van der Waals surface area contributed by atoms with Crippen molar-refractivity contribution in [3.05, 3.63) is 82.5 Å². The maximum absolute atomic E-state index is 12.6. The number of fused-ring (bicyclic) bond motifs is 1. The molecule has 0 aliphatic carbocycles. The van der Waals surface area contributed by atoms with Crippen LogP contribution in [0.3, 0.4) is 0 Å². The van der Waals surface area contributed by atoms with Crippen molar-refractivity contribution in [3.63, 3.8) is 0 Å². The van der Waals surface area contributed by atoms with Crippen LogP contribution >= 0.6 is 11.6 Å². The van der Waals surface area contributed by atoms with Crippen molar-refractivity contribution >= 4 is 28.5 Å². The number of hydrogen-bond acceptors (Lipinski definition) is 5. The van der Waals surface area contributed by atoms with E-state index in [0.29, 0.717) is 16.4 Å². The van der Waals surface area contributed by atoms with Crippen molar-refractivity contribution < 1.29 is 9.53 Å². The van der Waals surface area contributed by atoms with Gasteiger partial charge in [-0.1, -0.05) is 29.8 Å². The molecule has 0 fully saturated rings. The van der Waals surface area contributed by atoms with Gasteiger partial charge in [0.25, 0.3) is 11.5 Å². The van der Waals surface area contributed by atoms with E-state index in [9.17, 15) is 9.59 Å². The Bertz CT molecular complexity index is 1190. The molecule has 0 atom stereocenters. The fourth-order valence-electron chi connectivity index (χ4n) is 2.60. The van der Waals surface area contributed by atoms with Gasteiger partial charge in [-0.2, -0.15) is 5.10 Å². The summed E-state index contributed by atoms with van der Waals surface area (Å²) in [6, 6.07) is 15.9. The summed E-state index contributed by atoms with van der Waals surface area (Å²) in [5.41, 5.74) is 3.19. The smallest absolute Gasteiger partial charge is 0.283 e. The lowest BCUT2D eigenvalue weighted by molar-refractivity contribution is -0.119. The molecule has 4 rings (SSSR count). The lowest BCUT2D eigenvalue weighted by Crippen LogP contribution is -2.35. The van der Waals surface area contributed by atoms with E-state index in [1.54, 1.807) is 28.9 Å². The Morgan fingerprint density at radius 3 is 2.61 bits per heavy atom. The van der Waals surface area contributed by atoms with Crippen molar-refractivity contribution in [2.75, 3.05) is 12.0 Å². The predicted molar refractivity (Wildman–Crippen MR) is 104 cm³/mol. The van der Waals surface area contributed by atoms with E-state index >= 15 is 0 Å². The second-order valence-electron chi connectivity index (χ2n) is 5.83. The zero-order valence-electron chi connectivity index (χ0n) is 14.4. The lowest BCUT2D eigenvalue weighted by Gasteiger charge is -2.09. The van der Waals surface area contributed by atoms with Gasteiger partial charge >= 0.3 is 0 Å². The van der Waals surface area contributed by atoms with Gasteiger partial charge in [0.1, 0.15) is 17.5 Å². The highest BCUT2D eigenvalue weighted by atomic mass is 35.5. The van der Waals surface area contributed by atoms with Crippen LogP contribution in [0.25, 0.3) is 16.7 Å². The molecule has 2 heterocycles. The van der Waals surface area contributed by atoms with Crippen LogP contribution in [0, 0.1) is 0 Å². The minimum absolute atomic E-state index is 0.268. The van der Waals surface area contributed by atoms with Crippen LogP contribution in [0.1, 0.15) is 0 Å². The quantitative estimate of drug-likeness (QED) is 0.560. The van der Waals surface area contributed by atoms with Gasteiger partial charge in [0.05, 0.1) is 11.9 Å². The SMILES string of the molecule is O=C(COc1ccc(Cl)cc1)Nn1cnc2c(cnn2-c2ccccc2)c1=O. The Labute approximate surface area is 163 Å². The van der Waals surface area contributed by atoms with Crippen molar-refractivity contribution in [1.82, 2.24) is 19.4 Å². The molecule has 140 valence electrons. The summed E-state index contributed by atoms with van der Waals surface area (Å²) in [6.45, 7) is -0.268. The number of nitrogens with one attached hydrogen (secondary N) is 1. The maximum Gasteiger partial charge on any atom is 0.283 e. The van der Waals surface area contributed by atoms with E-state index in [2.05, 4.69) is 15.5 Å². The number of aromatic nitrogens is 4. The van der Waals surface area contributed by atoms with Gasteiger partial charge in [-0.15, -0.1) is 0 Å². The van der Waals surface area contributed by atoms with Crippen LogP contribution in [0.5, 0.6) is 5.75 Å². The molecule has 2 aromatic heterocycles. The molecule has 1 amide bonds.